The van der Waals surface area contributed by atoms with Crippen molar-refractivity contribution in [1.29, 1.82) is 0 Å². The van der Waals surface area contributed by atoms with Crippen molar-refractivity contribution in [3.8, 4) is 0 Å². The maximum Gasteiger partial charge on any atom is 0.228 e. The van der Waals surface area contributed by atoms with Crippen molar-refractivity contribution in [3.63, 3.8) is 0 Å². The van der Waals surface area contributed by atoms with Gasteiger partial charge in [0.1, 0.15) is 5.82 Å². The number of nitrogens with zero attached hydrogens (tertiary/aromatic N) is 3. The Morgan fingerprint density at radius 1 is 1.13 bits per heavy atom. The van der Waals surface area contributed by atoms with E-state index in [1.54, 1.807) is 11.5 Å². The molecular weight excluding hydrogens is 443 g/mol. The van der Waals surface area contributed by atoms with Gasteiger partial charge in [-0.05, 0) is 47.3 Å². The molecule has 2 aliphatic heterocycles. The van der Waals surface area contributed by atoms with Gasteiger partial charge in [-0.1, -0.05) is 29.8 Å². The van der Waals surface area contributed by atoms with Crippen LogP contribution in [0.2, 0.25) is 5.02 Å². The zero-order valence-electron chi connectivity index (χ0n) is 16.3. The number of benzene rings is 2. The SMILES string of the molecule is O.O=C1Cc2cc(CCN3CCN(c4nsc5ccccc45)CC3)c(Cl)cc2N1.[Cl-]. The molecule has 3 N–H and O–H groups in total. The number of nitrogens with one attached hydrogen (secondary N) is 1. The minimum absolute atomic E-state index is 0. The van der Waals surface area contributed by atoms with E-state index < -0.39 is 0 Å². The van der Waals surface area contributed by atoms with Crippen LogP contribution in [0.25, 0.3) is 10.1 Å². The third-order valence-corrected chi connectivity index (χ3v) is 6.79. The van der Waals surface area contributed by atoms with Crippen molar-refractivity contribution in [2.45, 2.75) is 12.8 Å². The number of carbonyl (C=O) groups is 1. The fraction of sp³-hybridized carbons (Fsp3) is 0.333. The molecule has 0 radical (unpaired) electrons. The zero-order chi connectivity index (χ0) is 19.1. The average molecular weight is 466 g/mol. The Kier molecular flexibility index (Phi) is 7.21. The van der Waals surface area contributed by atoms with E-state index >= 15 is 0 Å². The summed E-state index contributed by atoms with van der Waals surface area (Å²) in [6, 6.07) is 12.4. The van der Waals surface area contributed by atoms with Crippen molar-refractivity contribution < 1.29 is 22.7 Å². The van der Waals surface area contributed by atoms with E-state index in [9.17, 15) is 4.79 Å². The number of amides is 1. The number of hydrogen-bond donors (Lipinski definition) is 1. The summed E-state index contributed by atoms with van der Waals surface area (Å²) in [5, 5.41) is 4.86. The van der Waals surface area contributed by atoms with Gasteiger partial charge in [0.05, 0.1) is 11.1 Å². The van der Waals surface area contributed by atoms with Crippen molar-refractivity contribution in [2.75, 3.05) is 42.9 Å². The Morgan fingerprint density at radius 3 is 2.70 bits per heavy atom. The molecule has 9 heteroatoms. The summed E-state index contributed by atoms with van der Waals surface area (Å²) in [7, 11) is 0. The predicted molar refractivity (Wildman–Crippen MR) is 119 cm³/mol. The number of hydrogen-bond acceptors (Lipinski definition) is 5. The maximum atomic E-state index is 11.6. The second kappa shape index (κ2) is 9.49. The molecule has 6 nitrogen and oxygen atoms in total. The van der Waals surface area contributed by atoms with Gasteiger partial charge in [-0.15, -0.1) is 0 Å². The fourth-order valence-electron chi connectivity index (χ4n) is 4.05. The molecule has 1 saturated heterocycles. The summed E-state index contributed by atoms with van der Waals surface area (Å²) in [4.78, 5) is 16.4. The van der Waals surface area contributed by atoms with Gasteiger partial charge >= 0.3 is 0 Å². The van der Waals surface area contributed by atoms with E-state index in [1.807, 2.05) is 6.07 Å². The van der Waals surface area contributed by atoms with Crippen LogP contribution < -0.4 is 22.6 Å². The van der Waals surface area contributed by atoms with Gasteiger partial charge in [0.2, 0.25) is 5.91 Å². The summed E-state index contributed by atoms with van der Waals surface area (Å²) in [6.45, 7) is 5.00. The van der Waals surface area contributed by atoms with Crippen molar-refractivity contribution in [3.05, 3.63) is 52.5 Å². The molecule has 0 unspecified atom stereocenters. The Bertz CT molecular complexity index is 1050. The van der Waals surface area contributed by atoms with Gasteiger partial charge in [-0.3, -0.25) is 9.69 Å². The lowest BCUT2D eigenvalue weighted by Crippen LogP contribution is -3.00. The van der Waals surface area contributed by atoms with Crippen molar-refractivity contribution in [2.24, 2.45) is 0 Å². The molecule has 0 bridgehead atoms. The summed E-state index contributed by atoms with van der Waals surface area (Å²) in [6.07, 6.45) is 1.36. The monoisotopic (exact) mass is 465 g/mol. The molecule has 2 aromatic carbocycles. The van der Waals surface area contributed by atoms with Crippen LogP contribution in [0.4, 0.5) is 11.5 Å². The minimum Gasteiger partial charge on any atom is -1.00 e. The van der Waals surface area contributed by atoms with Crippen LogP contribution in [-0.4, -0.2) is 53.4 Å². The van der Waals surface area contributed by atoms with Crippen LogP contribution in [0, 0.1) is 0 Å². The maximum absolute atomic E-state index is 11.6. The molecule has 30 heavy (non-hydrogen) atoms. The average Bonchev–Trinajstić information content (AvgIpc) is 3.29. The zero-order valence-corrected chi connectivity index (χ0v) is 18.7. The molecule has 1 amide bonds. The van der Waals surface area contributed by atoms with Gasteiger partial charge in [0.15, 0.2) is 0 Å². The number of rotatable bonds is 4. The smallest absolute Gasteiger partial charge is 0.228 e. The fourth-order valence-corrected chi connectivity index (χ4v) is 5.11. The second-order valence-corrected chi connectivity index (χ2v) is 8.62. The molecule has 1 aromatic heterocycles. The summed E-state index contributed by atoms with van der Waals surface area (Å²) >= 11 is 8.01. The molecule has 5 rings (SSSR count). The lowest BCUT2D eigenvalue weighted by molar-refractivity contribution is -0.115. The van der Waals surface area contributed by atoms with E-state index in [1.165, 1.54) is 10.1 Å². The number of fused-ring (bicyclic) bond motifs is 2. The molecule has 0 atom stereocenters. The molecule has 1 fully saturated rings. The number of anilines is 2. The normalized spacial score (nSPS) is 16.0. The standard InChI is InChI=1S/C21H21ClN4OS.ClH.H2O/c22-17-13-18-15(12-20(27)23-18)11-14(17)5-6-25-7-9-26(10-8-25)21-16-3-1-2-4-19(16)28-24-21;;/h1-4,11,13H,5-10,12H2,(H,23,27);1H;1H2/p-1. The Morgan fingerprint density at radius 2 is 1.90 bits per heavy atom. The van der Waals surface area contributed by atoms with E-state index in [-0.39, 0.29) is 23.8 Å². The van der Waals surface area contributed by atoms with E-state index in [0.29, 0.717) is 6.42 Å². The minimum atomic E-state index is 0. The molecule has 2 aliphatic rings. The van der Waals surface area contributed by atoms with Crippen LogP contribution in [0.15, 0.2) is 36.4 Å². The predicted octanol–water partition coefficient (Wildman–Crippen LogP) is -0.0117. The number of piperazine rings is 1. The Labute approximate surface area is 190 Å². The third kappa shape index (κ3) is 4.40. The quantitative estimate of drug-likeness (QED) is 0.587. The van der Waals surface area contributed by atoms with Crippen LogP contribution in [0.5, 0.6) is 0 Å². The molecule has 0 saturated carbocycles. The van der Waals surface area contributed by atoms with Gasteiger partial charge in [0.25, 0.3) is 0 Å². The molecule has 3 heterocycles. The summed E-state index contributed by atoms with van der Waals surface area (Å²) < 4.78 is 5.94. The van der Waals surface area contributed by atoms with Gasteiger partial charge in [-0.2, -0.15) is 4.37 Å². The number of aromatic nitrogens is 1. The second-order valence-electron chi connectivity index (χ2n) is 7.41. The van der Waals surface area contributed by atoms with Crippen LogP contribution >= 0.6 is 23.1 Å². The first-order valence-electron chi connectivity index (χ1n) is 9.60. The van der Waals surface area contributed by atoms with E-state index in [2.05, 4.69) is 49.8 Å². The molecule has 0 aliphatic carbocycles. The highest BCUT2D eigenvalue weighted by molar-refractivity contribution is 7.13. The van der Waals surface area contributed by atoms with Gasteiger partial charge in [-0.25, -0.2) is 0 Å². The number of carbonyl (C=O) groups excluding carboxylic acids is 1. The first-order chi connectivity index (χ1) is 13.7. The largest absolute Gasteiger partial charge is 1.00 e. The Balaban J connectivity index is 0.00000128. The van der Waals surface area contributed by atoms with Crippen molar-refractivity contribution in [1.82, 2.24) is 9.27 Å². The lowest BCUT2D eigenvalue weighted by atomic mass is 10.1. The van der Waals surface area contributed by atoms with Crippen molar-refractivity contribution >= 4 is 50.6 Å². The number of halogens is 2. The molecule has 160 valence electrons. The third-order valence-electron chi connectivity index (χ3n) is 5.62. The van der Waals surface area contributed by atoms with Crippen LogP contribution in [-0.2, 0) is 17.6 Å². The Hall–Kier alpha value is -1.90. The first-order valence-corrected chi connectivity index (χ1v) is 10.8. The van der Waals surface area contributed by atoms with E-state index in [4.69, 9.17) is 11.6 Å². The van der Waals surface area contributed by atoms with Crippen LogP contribution in [0.3, 0.4) is 0 Å². The van der Waals surface area contributed by atoms with E-state index in [0.717, 1.165) is 66.8 Å². The lowest BCUT2D eigenvalue weighted by Gasteiger charge is -2.35. The van der Waals surface area contributed by atoms with Gasteiger partial charge < -0.3 is 28.1 Å². The topological polar surface area (TPSA) is 80.0 Å². The highest BCUT2D eigenvalue weighted by Crippen LogP contribution is 2.31. The highest BCUT2D eigenvalue weighted by Gasteiger charge is 2.22. The molecule has 0 spiro atoms. The van der Waals surface area contributed by atoms with Gasteiger partial charge in [0, 0.05) is 48.8 Å². The first kappa shape index (κ1) is 22.8. The molecular formula is C21H23Cl2N4O2S-. The summed E-state index contributed by atoms with van der Waals surface area (Å²) in [5.74, 6) is 1.17. The van der Waals surface area contributed by atoms with Crippen LogP contribution in [0.1, 0.15) is 11.1 Å². The summed E-state index contributed by atoms with van der Waals surface area (Å²) in [5.41, 5.74) is 3.05. The molecule has 3 aromatic rings. The highest BCUT2D eigenvalue weighted by atomic mass is 35.5.